The summed E-state index contributed by atoms with van der Waals surface area (Å²) in [4.78, 5) is 17.0. The normalized spacial score (nSPS) is 15.4. The highest BCUT2D eigenvalue weighted by atomic mass is 35.5. The van der Waals surface area contributed by atoms with Gasteiger partial charge in [-0.15, -0.1) is 24.8 Å². The van der Waals surface area contributed by atoms with Gasteiger partial charge in [0.1, 0.15) is 0 Å². The molecule has 1 amide bonds. The van der Waals surface area contributed by atoms with Crippen LogP contribution in [-0.4, -0.2) is 56.1 Å². The highest BCUT2D eigenvalue weighted by Crippen LogP contribution is 2.17. The summed E-state index contributed by atoms with van der Waals surface area (Å²) < 4.78 is 0. The van der Waals surface area contributed by atoms with Gasteiger partial charge in [-0.2, -0.15) is 0 Å². The number of carbonyl (C=O) groups excluding carboxylic acids is 1. The molecule has 1 aromatic carbocycles. The molecule has 1 heterocycles. The molecule has 3 N–H and O–H groups in total. The number of benzene rings is 1. The van der Waals surface area contributed by atoms with Crippen molar-refractivity contribution < 1.29 is 4.79 Å². The molecule has 1 fully saturated rings. The molecule has 0 spiro atoms. The van der Waals surface area contributed by atoms with Gasteiger partial charge in [-0.3, -0.25) is 9.69 Å². The number of nitrogens with one attached hydrogen (secondary N) is 1. The minimum absolute atomic E-state index is 0. The first kappa shape index (κ1) is 26.0. The van der Waals surface area contributed by atoms with Crippen molar-refractivity contribution in [2.24, 2.45) is 5.73 Å². The van der Waals surface area contributed by atoms with Crippen LogP contribution in [0.15, 0.2) is 24.3 Å². The molecule has 5 nitrogen and oxygen atoms in total. The Kier molecular flexibility index (Phi) is 13.5. The molecule has 1 saturated heterocycles. The molecule has 7 heteroatoms. The number of nitrogens with zero attached hydrogens (tertiary/aromatic N) is 2. The summed E-state index contributed by atoms with van der Waals surface area (Å²) >= 11 is 0. The van der Waals surface area contributed by atoms with Gasteiger partial charge in [-0.05, 0) is 31.0 Å². The lowest BCUT2D eigenvalue weighted by atomic mass is 10.1. The molecule has 1 unspecified atom stereocenters. The number of halogens is 2. The van der Waals surface area contributed by atoms with Crippen LogP contribution in [0.5, 0.6) is 0 Å². The number of unbranched alkanes of at least 4 members (excludes halogenated alkanes) is 1. The van der Waals surface area contributed by atoms with Crippen molar-refractivity contribution in [2.45, 2.75) is 45.6 Å². The molecule has 1 aliphatic heterocycles. The maximum absolute atomic E-state index is 12.1. The standard InChI is InChI=1S/C20H34N4O.2ClH/c1-3-4-7-18(16-21)22-20(25)9-10-23-11-13-24(14-12-23)19-8-5-6-17(2)15-19;;/h5-6,8,15,18H,3-4,7,9-14,16,21H2,1-2H3,(H,22,25);2*1H. The van der Waals surface area contributed by atoms with Crippen LogP contribution in [-0.2, 0) is 4.79 Å². The molecule has 1 atom stereocenters. The Balaban J connectivity index is 0.00000338. The van der Waals surface area contributed by atoms with E-state index in [0.717, 1.165) is 52.0 Å². The molecule has 1 aliphatic rings. The van der Waals surface area contributed by atoms with Crippen molar-refractivity contribution in [1.29, 1.82) is 0 Å². The maximum atomic E-state index is 12.1. The summed E-state index contributed by atoms with van der Waals surface area (Å²) in [6, 6.07) is 8.80. The zero-order chi connectivity index (χ0) is 18.1. The predicted molar refractivity (Wildman–Crippen MR) is 119 cm³/mol. The van der Waals surface area contributed by atoms with Crippen LogP contribution in [0.3, 0.4) is 0 Å². The van der Waals surface area contributed by atoms with Crippen LogP contribution < -0.4 is 16.0 Å². The van der Waals surface area contributed by atoms with Crippen molar-refractivity contribution >= 4 is 36.4 Å². The molecule has 0 aromatic heterocycles. The number of anilines is 1. The zero-order valence-electron chi connectivity index (χ0n) is 16.7. The minimum atomic E-state index is 0. The third-order valence-corrected chi connectivity index (χ3v) is 4.95. The first-order valence-corrected chi connectivity index (χ1v) is 9.65. The van der Waals surface area contributed by atoms with Gasteiger partial charge in [0.05, 0.1) is 0 Å². The van der Waals surface area contributed by atoms with Crippen LogP contribution >= 0.6 is 24.8 Å². The van der Waals surface area contributed by atoms with Crippen LogP contribution in [0.2, 0.25) is 0 Å². The van der Waals surface area contributed by atoms with E-state index in [1.165, 1.54) is 11.3 Å². The van der Waals surface area contributed by atoms with E-state index in [-0.39, 0.29) is 36.8 Å². The summed E-state index contributed by atoms with van der Waals surface area (Å²) in [5.41, 5.74) is 8.36. The van der Waals surface area contributed by atoms with Crippen molar-refractivity contribution in [1.82, 2.24) is 10.2 Å². The summed E-state index contributed by atoms with van der Waals surface area (Å²) in [6.07, 6.45) is 3.79. The highest BCUT2D eigenvalue weighted by molar-refractivity contribution is 5.85. The SMILES string of the molecule is CCCCC(CN)NC(=O)CCN1CCN(c2cccc(C)c2)CC1.Cl.Cl. The van der Waals surface area contributed by atoms with Gasteiger partial charge in [0.25, 0.3) is 0 Å². The number of nitrogens with two attached hydrogens (primary N) is 1. The quantitative estimate of drug-likeness (QED) is 0.646. The van der Waals surface area contributed by atoms with Gasteiger partial charge in [0.2, 0.25) is 5.91 Å². The summed E-state index contributed by atoms with van der Waals surface area (Å²) in [5, 5.41) is 3.08. The Morgan fingerprint density at radius 3 is 2.52 bits per heavy atom. The van der Waals surface area contributed by atoms with Crippen LogP contribution in [0.25, 0.3) is 0 Å². The van der Waals surface area contributed by atoms with Crippen molar-refractivity contribution in [3.05, 3.63) is 29.8 Å². The molecule has 1 aromatic rings. The van der Waals surface area contributed by atoms with Crippen LogP contribution in [0.4, 0.5) is 5.69 Å². The number of hydrogen-bond donors (Lipinski definition) is 2. The molecule has 0 aliphatic carbocycles. The third-order valence-electron chi connectivity index (χ3n) is 4.95. The number of aryl methyl sites for hydroxylation is 1. The fourth-order valence-corrected chi connectivity index (χ4v) is 3.31. The molecule has 0 saturated carbocycles. The van der Waals surface area contributed by atoms with Gasteiger partial charge in [0.15, 0.2) is 0 Å². The topological polar surface area (TPSA) is 61.6 Å². The molecular formula is C20H36Cl2N4O. The number of hydrogen-bond acceptors (Lipinski definition) is 4. The van der Waals surface area contributed by atoms with Gasteiger partial charge in [-0.25, -0.2) is 0 Å². The lowest BCUT2D eigenvalue weighted by Gasteiger charge is -2.36. The summed E-state index contributed by atoms with van der Waals surface area (Å²) in [6.45, 7) is 9.72. The first-order valence-electron chi connectivity index (χ1n) is 9.65. The summed E-state index contributed by atoms with van der Waals surface area (Å²) in [5.74, 6) is 0.132. The van der Waals surface area contributed by atoms with Gasteiger partial charge in [-0.1, -0.05) is 31.9 Å². The van der Waals surface area contributed by atoms with E-state index in [4.69, 9.17) is 5.73 Å². The first-order chi connectivity index (χ1) is 12.1. The van der Waals surface area contributed by atoms with E-state index < -0.39 is 0 Å². The molecule has 0 radical (unpaired) electrons. The minimum Gasteiger partial charge on any atom is -0.369 e. The van der Waals surface area contributed by atoms with Gasteiger partial charge < -0.3 is 16.0 Å². The second kappa shape index (κ2) is 14.1. The second-order valence-corrected chi connectivity index (χ2v) is 7.06. The maximum Gasteiger partial charge on any atom is 0.221 e. The van der Waals surface area contributed by atoms with Crippen molar-refractivity contribution in [2.75, 3.05) is 44.2 Å². The largest absolute Gasteiger partial charge is 0.369 e. The lowest BCUT2D eigenvalue weighted by Crippen LogP contribution is -2.48. The smallest absolute Gasteiger partial charge is 0.221 e. The molecule has 27 heavy (non-hydrogen) atoms. The number of piperazine rings is 1. The number of amides is 1. The highest BCUT2D eigenvalue weighted by Gasteiger charge is 2.18. The van der Waals surface area contributed by atoms with E-state index in [9.17, 15) is 4.79 Å². The van der Waals surface area contributed by atoms with E-state index in [0.29, 0.717) is 13.0 Å². The Labute approximate surface area is 176 Å². The summed E-state index contributed by atoms with van der Waals surface area (Å²) in [7, 11) is 0. The van der Waals surface area contributed by atoms with E-state index in [1.807, 2.05) is 0 Å². The number of carbonyl (C=O) groups is 1. The fraction of sp³-hybridized carbons (Fsp3) is 0.650. The van der Waals surface area contributed by atoms with E-state index in [1.54, 1.807) is 0 Å². The average molecular weight is 419 g/mol. The Hall–Kier alpha value is -1.01. The molecular weight excluding hydrogens is 383 g/mol. The Bertz CT molecular complexity index is 536. The number of rotatable bonds is 9. The monoisotopic (exact) mass is 418 g/mol. The third kappa shape index (κ3) is 9.15. The second-order valence-electron chi connectivity index (χ2n) is 7.06. The fourth-order valence-electron chi connectivity index (χ4n) is 3.31. The lowest BCUT2D eigenvalue weighted by molar-refractivity contribution is -0.122. The molecule has 2 rings (SSSR count). The van der Waals surface area contributed by atoms with Gasteiger partial charge >= 0.3 is 0 Å². The van der Waals surface area contributed by atoms with Crippen molar-refractivity contribution in [3.8, 4) is 0 Å². The van der Waals surface area contributed by atoms with E-state index >= 15 is 0 Å². The Morgan fingerprint density at radius 1 is 1.22 bits per heavy atom. The van der Waals surface area contributed by atoms with Gasteiger partial charge in [0, 0.05) is 57.4 Å². The van der Waals surface area contributed by atoms with Crippen LogP contribution in [0, 0.1) is 6.92 Å². The van der Waals surface area contributed by atoms with Crippen LogP contribution in [0.1, 0.15) is 38.2 Å². The van der Waals surface area contributed by atoms with Crippen molar-refractivity contribution in [3.63, 3.8) is 0 Å². The average Bonchev–Trinajstić information content (AvgIpc) is 2.64. The zero-order valence-corrected chi connectivity index (χ0v) is 18.3. The predicted octanol–water partition coefficient (Wildman–Crippen LogP) is 2.98. The Morgan fingerprint density at radius 2 is 1.93 bits per heavy atom. The molecule has 156 valence electrons. The molecule has 0 bridgehead atoms. The van der Waals surface area contributed by atoms with E-state index in [2.05, 4.69) is 53.2 Å².